The molecular formula is C13H24AlNO. The Balaban J connectivity index is 0.000000217. The van der Waals surface area contributed by atoms with Crippen molar-refractivity contribution < 1.29 is 4.74 Å². The maximum atomic E-state index is 5.01. The Kier molecular flexibility index (Phi) is 12.5. The molecular weight excluding hydrogens is 213 g/mol. The van der Waals surface area contributed by atoms with E-state index in [2.05, 4.69) is 22.7 Å². The third kappa shape index (κ3) is 16.1. The molecule has 1 saturated heterocycles. The smallest absolute Gasteiger partial charge is 0.251 e. The minimum Gasteiger partial charge on any atom is -0.379 e. The topological polar surface area (TPSA) is 21.3 Å². The quantitative estimate of drug-likeness (QED) is 0.700. The maximum absolute atomic E-state index is 5.01. The van der Waals surface area contributed by atoms with Gasteiger partial charge in [0.05, 0.1) is 13.2 Å². The maximum Gasteiger partial charge on any atom is 0.251 e. The van der Waals surface area contributed by atoms with E-state index in [-0.39, 0.29) is 14.1 Å². The lowest BCUT2D eigenvalue weighted by Crippen LogP contribution is -2.30. The van der Waals surface area contributed by atoms with Crippen molar-refractivity contribution in [2.45, 2.75) is 17.4 Å². The fraction of sp³-hybridized carbons (Fsp3) is 0.538. The van der Waals surface area contributed by atoms with Crippen LogP contribution in [0, 0.1) is 0 Å². The first-order valence-electron chi connectivity index (χ1n) is 6.02. The molecule has 0 atom stereocenters. The molecule has 0 radical (unpaired) electrons. The molecule has 0 unspecified atom stereocenters. The van der Waals surface area contributed by atoms with E-state index in [1.54, 1.807) is 0 Å². The van der Waals surface area contributed by atoms with E-state index in [1.807, 2.05) is 36.4 Å². The first kappa shape index (κ1) is 15.7. The van der Waals surface area contributed by atoms with Crippen molar-refractivity contribution in [1.82, 2.24) is 5.32 Å². The molecule has 1 aliphatic rings. The van der Waals surface area contributed by atoms with Crippen LogP contribution in [0.15, 0.2) is 36.4 Å². The highest BCUT2D eigenvalue weighted by Crippen LogP contribution is 1.80. The molecule has 2 nitrogen and oxygen atoms in total. The lowest BCUT2D eigenvalue weighted by Gasteiger charge is -2.10. The summed E-state index contributed by atoms with van der Waals surface area (Å²) in [5.74, 6) is 6.92. The average Bonchev–Trinajstić information content (AvgIpc) is 2.34. The predicted molar refractivity (Wildman–Crippen MR) is 73.5 cm³/mol. The van der Waals surface area contributed by atoms with Crippen LogP contribution in [0.5, 0.6) is 0 Å². The summed E-state index contributed by atoms with van der Waals surface area (Å²) in [6.45, 7) is 3.83. The molecule has 1 heterocycles. The zero-order valence-corrected chi connectivity index (χ0v) is 11.9. The molecule has 3 heteroatoms. The summed E-state index contributed by atoms with van der Waals surface area (Å²) in [7, 11) is 0. The molecule has 90 valence electrons. The number of benzene rings is 1. The van der Waals surface area contributed by atoms with Crippen LogP contribution in [0.4, 0.5) is 0 Å². The minimum atomic E-state index is -0.139. The fourth-order valence-corrected chi connectivity index (χ4v) is 0.901. The second-order valence-corrected chi connectivity index (χ2v) is 7.71. The largest absolute Gasteiger partial charge is 0.379 e. The van der Waals surface area contributed by atoms with Gasteiger partial charge in [-0.1, -0.05) is 36.4 Å². The van der Waals surface area contributed by atoms with Crippen molar-refractivity contribution in [2.75, 3.05) is 26.3 Å². The van der Waals surface area contributed by atoms with E-state index in [4.69, 9.17) is 4.74 Å². The molecule has 0 aliphatic carbocycles. The van der Waals surface area contributed by atoms with Crippen molar-refractivity contribution >= 4 is 14.1 Å². The van der Waals surface area contributed by atoms with E-state index in [1.165, 1.54) is 0 Å². The van der Waals surface area contributed by atoms with E-state index in [0.717, 1.165) is 26.3 Å². The van der Waals surface area contributed by atoms with E-state index in [9.17, 15) is 0 Å². The zero-order chi connectivity index (χ0) is 12.1. The Morgan fingerprint density at radius 1 is 0.812 bits per heavy atom. The summed E-state index contributed by atoms with van der Waals surface area (Å²) in [4.78, 5) is 0. The van der Waals surface area contributed by atoms with Gasteiger partial charge in [0.1, 0.15) is 0 Å². The number of hydrogen-bond donors (Lipinski definition) is 1. The molecule has 0 aromatic heterocycles. The van der Waals surface area contributed by atoms with Crippen molar-refractivity contribution in [2.24, 2.45) is 0 Å². The normalized spacial score (nSPS) is 13.7. The molecule has 1 aromatic carbocycles. The number of morpholine rings is 1. The first-order chi connectivity index (χ1) is 7.73. The molecule has 0 spiro atoms. The van der Waals surface area contributed by atoms with Gasteiger partial charge in [0.2, 0.25) is 0 Å². The average molecular weight is 237 g/mol. The van der Waals surface area contributed by atoms with E-state index < -0.39 is 0 Å². The van der Waals surface area contributed by atoms with Gasteiger partial charge in [-0.25, -0.2) is 0 Å². The summed E-state index contributed by atoms with van der Waals surface area (Å²) in [6.07, 6.45) is 0. The van der Waals surface area contributed by atoms with Gasteiger partial charge in [-0.2, -0.15) is 0 Å². The highest BCUT2D eigenvalue weighted by atomic mass is 27.2. The Labute approximate surface area is 104 Å². The summed E-state index contributed by atoms with van der Waals surface area (Å²) < 4.78 is 5.01. The molecule has 2 rings (SSSR count). The molecule has 1 aromatic rings. The van der Waals surface area contributed by atoms with Crippen LogP contribution >= 0.6 is 0 Å². The van der Waals surface area contributed by atoms with Crippen molar-refractivity contribution in [3.8, 4) is 0 Å². The van der Waals surface area contributed by atoms with Gasteiger partial charge in [0, 0.05) is 13.1 Å². The second kappa shape index (κ2) is 12.7. The van der Waals surface area contributed by atoms with Crippen LogP contribution in [0.1, 0.15) is 0 Å². The van der Waals surface area contributed by atoms with Crippen molar-refractivity contribution in [3.05, 3.63) is 36.4 Å². The van der Waals surface area contributed by atoms with Crippen LogP contribution in [0.3, 0.4) is 0 Å². The molecule has 1 fully saturated rings. The number of hydrogen-bond acceptors (Lipinski definition) is 2. The van der Waals surface area contributed by atoms with Crippen molar-refractivity contribution in [1.29, 1.82) is 0 Å². The molecule has 1 aliphatic heterocycles. The van der Waals surface area contributed by atoms with Gasteiger partial charge in [0.15, 0.2) is 0 Å². The fourth-order valence-electron chi connectivity index (χ4n) is 0.901. The summed E-state index contributed by atoms with van der Waals surface area (Å²) in [5, 5.41) is 3.16. The first-order valence-corrected chi connectivity index (χ1v) is 9.48. The zero-order valence-electron chi connectivity index (χ0n) is 10.8. The Morgan fingerprint density at radius 3 is 1.25 bits per heavy atom. The second-order valence-electron chi connectivity index (χ2n) is 4.25. The Morgan fingerprint density at radius 2 is 1.12 bits per heavy atom. The van der Waals surface area contributed by atoms with Gasteiger partial charge >= 0.3 is 0 Å². The number of rotatable bonds is 0. The van der Waals surface area contributed by atoms with E-state index >= 15 is 0 Å². The van der Waals surface area contributed by atoms with Gasteiger partial charge in [-0.15, -0.1) is 17.4 Å². The third-order valence-electron chi connectivity index (χ3n) is 1.51. The monoisotopic (exact) mass is 237 g/mol. The van der Waals surface area contributed by atoms with Crippen LogP contribution in [-0.4, -0.2) is 40.5 Å². The van der Waals surface area contributed by atoms with Crippen LogP contribution in [0.25, 0.3) is 0 Å². The number of nitrogens with one attached hydrogen (secondary N) is 1. The Hall–Kier alpha value is -0.328. The summed E-state index contributed by atoms with van der Waals surface area (Å²) in [5.41, 5.74) is 0. The summed E-state index contributed by atoms with van der Waals surface area (Å²) >= 11 is -0.139. The number of ether oxygens (including phenoxy) is 1. The van der Waals surface area contributed by atoms with Crippen LogP contribution in [0.2, 0.25) is 17.4 Å². The lowest BCUT2D eigenvalue weighted by atomic mass is 10.4. The van der Waals surface area contributed by atoms with Crippen LogP contribution < -0.4 is 5.32 Å². The van der Waals surface area contributed by atoms with Crippen molar-refractivity contribution in [3.63, 3.8) is 0 Å². The molecule has 0 amide bonds. The predicted octanol–water partition coefficient (Wildman–Crippen LogP) is 2.66. The molecule has 0 saturated carbocycles. The van der Waals surface area contributed by atoms with E-state index in [0.29, 0.717) is 0 Å². The molecule has 0 bridgehead atoms. The third-order valence-corrected chi connectivity index (χ3v) is 1.51. The van der Waals surface area contributed by atoms with Gasteiger partial charge < -0.3 is 10.1 Å². The minimum absolute atomic E-state index is 0.139. The van der Waals surface area contributed by atoms with Gasteiger partial charge in [-0.3, -0.25) is 0 Å². The standard InChI is InChI=1S/C6H6.C4H9NO.3CH3.Al/c1-2-4-6-5-3-1;1-3-6-4-2-5-1;;;;/h1-6H;5H,1-4H2;3*1H3;. The van der Waals surface area contributed by atoms with Crippen LogP contribution in [-0.2, 0) is 4.74 Å². The SMILES string of the molecule is C1COCCN1.[CH3][Al]([CH3])[CH3].c1ccccc1. The lowest BCUT2D eigenvalue weighted by molar-refractivity contribution is 0.109. The molecule has 1 N–H and O–H groups in total. The Bertz CT molecular complexity index is 171. The van der Waals surface area contributed by atoms with Gasteiger partial charge in [0.25, 0.3) is 14.1 Å². The highest BCUT2D eigenvalue weighted by molar-refractivity contribution is 6.54. The molecule has 16 heavy (non-hydrogen) atoms. The summed E-state index contributed by atoms with van der Waals surface area (Å²) in [6, 6.07) is 12.0. The highest BCUT2D eigenvalue weighted by Gasteiger charge is 1.92. The van der Waals surface area contributed by atoms with Gasteiger partial charge in [-0.05, 0) is 0 Å².